The number of benzene rings is 1. The molecule has 0 aliphatic rings. The normalized spacial score (nSPS) is 11.1. The summed E-state index contributed by atoms with van der Waals surface area (Å²) in [7, 11) is -3.11. The predicted molar refractivity (Wildman–Crippen MR) is 65.5 cm³/mol. The van der Waals surface area contributed by atoms with Crippen molar-refractivity contribution < 1.29 is 17.9 Å². The highest BCUT2D eigenvalue weighted by atomic mass is 32.2. The summed E-state index contributed by atoms with van der Waals surface area (Å²) in [4.78, 5) is 11.5. The van der Waals surface area contributed by atoms with Crippen LogP contribution in [0.4, 0.5) is 5.69 Å². The van der Waals surface area contributed by atoms with E-state index in [1.165, 1.54) is 6.07 Å². The Morgan fingerprint density at radius 2 is 2.12 bits per heavy atom. The van der Waals surface area contributed by atoms with E-state index < -0.39 is 15.8 Å². The molecule has 1 aromatic rings. The molecule has 1 aromatic carbocycles. The molecular formula is C11H15NO4S. The van der Waals surface area contributed by atoms with Gasteiger partial charge in [0.25, 0.3) is 0 Å². The molecule has 0 aliphatic heterocycles. The van der Waals surface area contributed by atoms with E-state index in [-0.39, 0.29) is 18.1 Å². The summed E-state index contributed by atoms with van der Waals surface area (Å²) < 4.78 is 27.2. The summed E-state index contributed by atoms with van der Waals surface area (Å²) in [5.41, 5.74) is 6.29. The maximum Gasteiger partial charge on any atom is 0.338 e. The molecule has 0 amide bonds. The number of hydrogen-bond donors (Lipinski definition) is 1. The van der Waals surface area contributed by atoms with Crippen molar-refractivity contribution in [3.05, 3.63) is 29.8 Å². The molecular weight excluding hydrogens is 242 g/mol. The number of esters is 1. The molecule has 0 fully saturated rings. The van der Waals surface area contributed by atoms with Crippen molar-refractivity contribution in [1.82, 2.24) is 0 Å². The third-order valence-corrected chi connectivity index (χ3v) is 3.86. The first-order valence-corrected chi connectivity index (χ1v) is 7.00. The van der Waals surface area contributed by atoms with Crippen LogP contribution in [0.3, 0.4) is 0 Å². The topological polar surface area (TPSA) is 86.5 Å². The van der Waals surface area contributed by atoms with Crippen LogP contribution in [0.1, 0.15) is 17.3 Å². The second kappa shape index (κ2) is 5.67. The first-order valence-electron chi connectivity index (χ1n) is 5.17. The van der Waals surface area contributed by atoms with E-state index in [0.717, 1.165) is 0 Å². The Labute approximate surface area is 100 Å². The van der Waals surface area contributed by atoms with E-state index in [2.05, 4.69) is 0 Å². The molecule has 5 nitrogen and oxygen atoms in total. The van der Waals surface area contributed by atoms with Gasteiger partial charge in [-0.2, -0.15) is 0 Å². The Bertz CT molecular complexity index is 496. The number of sulfone groups is 1. The fraction of sp³-hybridized carbons (Fsp3) is 0.364. The summed E-state index contributed by atoms with van der Waals surface area (Å²) in [6, 6.07) is 6.33. The second-order valence-corrected chi connectivity index (χ2v) is 5.97. The summed E-state index contributed by atoms with van der Waals surface area (Å²) in [5.74, 6) is -0.677. The van der Waals surface area contributed by atoms with Gasteiger partial charge in [-0.3, -0.25) is 0 Å². The average molecular weight is 257 g/mol. The number of hydrogen-bond acceptors (Lipinski definition) is 5. The zero-order valence-electron chi connectivity index (χ0n) is 9.55. The number of ether oxygens (including phenoxy) is 1. The molecule has 0 spiro atoms. The number of carbonyl (C=O) groups is 1. The largest absolute Gasteiger partial charge is 0.461 e. The lowest BCUT2D eigenvalue weighted by atomic mass is 10.2. The molecule has 94 valence electrons. The molecule has 0 aromatic heterocycles. The molecule has 0 saturated heterocycles. The number of carbonyl (C=O) groups excluding carboxylic acids is 1. The summed E-state index contributed by atoms with van der Waals surface area (Å²) in [5, 5.41) is 0. The first-order chi connectivity index (χ1) is 7.94. The van der Waals surface area contributed by atoms with Crippen LogP contribution in [0.5, 0.6) is 0 Å². The van der Waals surface area contributed by atoms with E-state index in [1.807, 2.05) is 0 Å². The Hall–Kier alpha value is -1.56. The molecule has 17 heavy (non-hydrogen) atoms. The molecule has 0 aliphatic carbocycles. The van der Waals surface area contributed by atoms with Gasteiger partial charge in [-0.05, 0) is 18.2 Å². The van der Waals surface area contributed by atoms with Crippen LogP contribution in [-0.2, 0) is 14.6 Å². The van der Waals surface area contributed by atoms with Gasteiger partial charge in [0.1, 0.15) is 6.61 Å². The third-order valence-electron chi connectivity index (χ3n) is 2.19. The fourth-order valence-electron chi connectivity index (χ4n) is 1.15. The van der Waals surface area contributed by atoms with Gasteiger partial charge in [-0.25, -0.2) is 13.2 Å². The monoisotopic (exact) mass is 257 g/mol. The van der Waals surface area contributed by atoms with Gasteiger partial charge in [0.05, 0.1) is 11.3 Å². The lowest BCUT2D eigenvalue weighted by Gasteiger charge is -2.05. The van der Waals surface area contributed by atoms with Crippen molar-refractivity contribution in [3.8, 4) is 0 Å². The van der Waals surface area contributed by atoms with E-state index in [0.29, 0.717) is 11.3 Å². The van der Waals surface area contributed by atoms with Crippen LogP contribution in [-0.4, -0.2) is 32.5 Å². The van der Waals surface area contributed by atoms with Crippen molar-refractivity contribution in [3.63, 3.8) is 0 Å². The quantitative estimate of drug-likeness (QED) is 0.624. The maximum absolute atomic E-state index is 11.5. The van der Waals surface area contributed by atoms with Crippen LogP contribution in [0.15, 0.2) is 24.3 Å². The van der Waals surface area contributed by atoms with Gasteiger partial charge in [0.15, 0.2) is 9.84 Å². The van der Waals surface area contributed by atoms with Gasteiger partial charge in [-0.1, -0.05) is 13.0 Å². The molecule has 0 saturated carbocycles. The Morgan fingerprint density at radius 1 is 1.41 bits per heavy atom. The fourth-order valence-corrected chi connectivity index (χ4v) is 1.78. The highest BCUT2D eigenvalue weighted by Crippen LogP contribution is 2.07. The van der Waals surface area contributed by atoms with Crippen LogP contribution >= 0.6 is 0 Å². The number of anilines is 1. The van der Waals surface area contributed by atoms with E-state index >= 15 is 0 Å². The summed E-state index contributed by atoms with van der Waals surface area (Å²) in [6.45, 7) is 1.42. The van der Waals surface area contributed by atoms with Gasteiger partial charge >= 0.3 is 5.97 Å². The van der Waals surface area contributed by atoms with Crippen molar-refractivity contribution in [2.24, 2.45) is 0 Å². The minimum absolute atomic E-state index is 0.0445. The minimum atomic E-state index is -3.11. The molecule has 2 N–H and O–H groups in total. The maximum atomic E-state index is 11.5. The van der Waals surface area contributed by atoms with Crippen LogP contribution in [0.25, 0.3) is 0 Å². The lowest BCUT2D eigenvalue weighted by molar-refractivity contribution is 0.0529. The van der Waals surface area contributed by atoms with Gasteiger partial charge in [0.2, 0.25) is 0 Å². The third kappa shape index (κ3) is 4.44. The Balaban J connectivity index is 2.51. The molecule has 0 bridgehead atoms. The zero-order chi connectivity index (χ0) is 12.9. The van der Waals surface area contributed by atoms with E-state index in [9.17, 15) is 13.2 Å². The minimum Gasteiger partial charge on any atom is -0.461 e. The number of nitrogens with two attached hydrogens (primary N) is 1. The van der Waals surface area contributed by atoms with Crippen molar-refractivity contribution in [2.45, 2.75) is 6.92 Å². The standard InChI is InChI=1S/C11H15NO4S/c1-2-17(14,15)7-6-16-11(13)9-4-3-5-10(12)8-9/h3-5,8H,2,6-7,12H2,1H3. The molecule has 0 unspecified atom stereocenters. The SMILES string of the molecule is CCS(=O)(=O)CCOC(=O)c1cccc(N)c1. The van der Waals surface area contributed by atoms with Crippen LogP contribution in [0, 0.1) is 0 Å². The average Bonchev–Trinajstić information content (AvgIpc) is 2.28. The summed E-state index contributed by atoms with van der Waals surface area (Å²) in [6.07, 6.45) is 0. The van der Waals surface area contributed by atoms with Gasteiger partial charge < -0.3 is 10.5 Å². The zero-order valence-corrected chi connectivity index (χ0v) is 10.4. The second-order valence-electron chi connectivity index (χ2n) is 3.50. The highest BCUT2D eigenvalue weighted by molar-refractivity contribution is 7.91. The Kier molecular flexibility index (Phi) is 4.51. The lowest BCUT2D eigenvalue weighted by Crippen LogP contribution is -2.16. The molecule has 1 rings (SSSR count). The van der Waals surface area contributed by atoms with Crippen molar-refractivity contribution >= 4 is 21.5 Å². The smallest absolute Gasteiger partial charge is 0.338 e. The molecule has 0 atom stereocenters. The number of nitrogen functional groups attached to an aromatic ring is 1. The summed E-state index contributed by atoms with van der Waals surface area (Å²) >= 11 is 0. The predicted octanol–water partition coefficient (Wildman–Crippen LogP) is 0.860. The van der Waals surface area contributed by atoms with Gasteiger partial charge in [-0.15, -0.1) is 0 Å². The highest BCUT2D eigenvalue weighted by Gasteiger charge is 2.11. The van der Waals surface area contributed by atoms with E-state index in [1.54, 1.807) is 25.1 Å². The van der Waals surface area contributed by atoms with Gasteiger partial charge in [0, 0.05) is 11.4 Å². The van der Waals surface area contributed by atoms with Crippen LogP contribution in [0.2, 0.25) is 0 Å². The molecule has 0 heterocycles. The van der Waals surface area contributed by atoms with Crippen molar-refractivity contribution in [2.75, 3.05) is 23.8 Å². The molecule has 0 radical (unpaired) electrons. The van der Waals surface area contributed by atoms with Crippen LogP contribution < -0.4 is 5.73 Å². The Morgan fingerprint density at radius 3 is 2.71 bits per heavy atom. The van der Waals surface area contributed by atoms with Crippen molar-refractivity contribution in [1.29, 1.82) is 0 Å². The molecule has 6 heteroatoms. The number of rotatable bonds is 5. The first kappa shape index (κ1) is 13.5. The van der Waals surface area contributed by atoms with E-state index in [4.69, 9.17) is 10.5 Å².